The van der Waals surface area contributed by atoms with E-state index in [1.165, 1.54) is 0 Å². The summed E-state index contributed by atoms with van der Waals surface area (Å²) < 4.78 is 78.3. The lowest BCUT2D eigenvalue weighted by atomic mass is 9.46. The van der Waals surface area contributed by atoms with Crippen molar-refractivity contribution in [3.63, 3.8) is 0 Å². The summed E-state index contributed by atoms with van der Waals surface area (Å²) in [6.45, 7) is 6.30. The fourth-order valence-corrected chi connectivity index (χ4v) is 9.00. The van der Waals surface area contributed by atoms with Crippen LogP contribution in [0.3, 0.4) is 0 Å². The summed E-state index contributed by atoms with van der Waals surface area (Å²) in [5.74, 6) is 1.22. The zero-order valence-corrected chi connectivity index (χ0v) is 21.3. The molecule has 4 aliphatic carbocycles. The van der Waals surface area contributed by atoms with Crippen LogP contribution in [0.4, 0.5) is 26.3 Å². The summed E-state index contributed by atoms with van der Waals surface area (Å²) in [6, 6.07) is 0. The summed E-state index contributed by atoms with van der Waals surface area (Å²) in [5.41, 5.74) is -3.92. The molecular formula is C27H40F6O3. The maximum atomic E-state index is 13.1. The number of fused-ring (bicyclic) bond motifs is 5. The first-order chi connectivity index (χ1) is 16.5. The molecule has 0 heterocycles. The van der Waals surface area contributed by atoms with Crippen molar-refractivity contribution in [2.45, 2.75) is 115 Å². The van der Waals surface area contributed by atoms with Gasteiger partial charge in [0, 0.05) is 11.8 Å². The normalized spacial score (nSPS) is 42.3. The van der Waals surface area contributed by atoms with Crippen LogP contribution in [0.1, 0.15) is 85.0 Å². The van der Waals surface area contributed by atoms with Gasteiger partial charge in [0.25, 0.3) is 5.60 Å². The lowest BCUT2D eigenvalue weighted by Crippen LogP contribution is -2.56. The van der Waals surface area contributed by atoms with Crippen molar-refractivity contribution >= 4 is 0 Å². The Morgan fingerprint density at radius 3 is 2.25 bits per heavy atom. The van der Waals surface area contributed by atoms with Gasteiger partial charge >= 0.3 is 12.4 Å². The Labute approximate surface area is 209 Å². The van der Waals surface area contributed by atoms with Crippen molar-refractivity contribution in [2.24, 2.45) is 40.4 Å². The molecule has 0 amide bonds. The van der Waals surface area contributed by atoms with Crippen LogP contribution in [0, 0.1) is 40.4 Å². The lowest BCUT2D eigenvalue weighted by molar-refractivity contribution is -0.370. The van der Waals surface area contributed by atoms with E-state index in [2.05, 4.69) is 19.9 Å². The third kappa shape index (κ3) is 4.23. The molecule has 3 fully saturated rings. The molecule has 36 heavy (non-hydrogen) atoms. The molecule has 0 radical (unpaired) electrons. The van der Waals surface area contributed by atoms with E-state index < -0.39 is 36.6 Å². The molecule has 4 rings (SSSR count). The molecule has 0 aromatic rings. The van der Waals surface area contributed by atoms with E-state index in [9.17, 15) is 41.7 Å². The fourth-order valence-electron chi connectivity index (χ4n) is 9.00. The van der Waals surface area contributed by atoms with Crippen LogP contribution in [0.25, 0.3) is 0 Å². The van der Waals surface area contributed by atoms with Gasteiger partial charge in [0.05, 0.1) is 12.2 Å². The molecular weight excluding hydrogens is 486 g/mol. The predicted octanol–water partition coefficient (Wildman–Crippen LogP) is 6.56. The Morgan fingerprint density at radius 1 is 1.00 bits per heavy atom. The van der Waals surface area contributed by atoms with Crippen molar-refractivity contribution in [3.05, 3.63) is 11.6 Å². The summed E-state index contributed by atoms with van der Waals surface area (Å²) in [5, 5.41) is 30.7. The highest BCUT2D eigenvalue weighted by Crippen LogP contribution is 2.67. The second-order valence-corrected chi connectivity index (χ2v) is 12.7. The Morgan fingerprint density at radius 2 is 1.64 bits per heavy atom. The minimum Gasteiger partial charge on any atom is -0.393 e. The number of alkyl halides is 6. The Balaban J connectivity index is 1.46. The van der Waals surface area contributed by atoms with Crippen molar-refractivity contribution in [2.75, 3.05) is 0 Å². The molecule has 4 aliphatic rings. The van der Waals surface area contributed by atoms with E-state index in [0.717, 1.165) is 37.7 Å². The van der Waals surface area contributed by atoms with Crippen LogP contribution in [-0.2, 0) is 0 Å². The van der Waals surface area contributed by atoms with Crippen LogP contribution in [0.15, 0.2) is 11.6 Å². The molecule has 9 atom stereocenters. The number of halogens is 6. The van der Waals surface area contributed by atoms with Crippen LogP contribution in [0.5, 0.6) is 0 Å². The van der Waals surface area contributed by atoms with Crippen LogP contribution in [-0.4, -0.2) is 45.5 Å². The van der Waals surface area contributed by atoms with Crippen molar-refractivity contribution in [3.8, 4) is 0 Å². The lowest BCUT2D eigenvalue weighted by Gasteiger charge is -2.59. The molecule has 0 spiro atoms. The smallest absolute Gasteiger partial charge is 0.393 e. The molecule has 0 aromatic carbocycles. The molecule has 3 N–H and O–H groups in total. The topological polar surface area (TPSA) is 60.7 Å². The average Bonchev–Trinajstić information content (AvgIpc) is 3.10. The van der Waals surface area contributed by atoms with Crippen LogP contribution >= 0.6 is 0 Å². The first-order valence-corrected chi connectivity index (χ1v) is 13.4. The van der Waals surface area contributed by atoms with Crippen molar-refractivity contribution in [1.82, 2.24) is 0 Å². The molecule has 0 aromatic heterocycles. The van der Waals surface area contributed by atoms with Gasteiger partial charge < -0.3 is 15.3 Å². The molecule has 9 heteroatoms. The van der Waals surface area contributed by atoms with E-state index in [-0.39, 0.29) is 35.5 Å². The van der Waals surface area contributed by atoms with E-state index in [1.54, 1.807) is 0 Å². The van der Waals surface area contributed by atoms with E-state index in [1.807, 2.05) is 6.92 Å². The highest BCUT2D eigenvalue weighted by atomic mass is 19.4. The largest absolute Gasteiger partial charge is 0.426 e. The first-order valence-electron chi connectivity index (χ1n) is 13.4. The fraction of sp³-hybridized carbons (Fsp3) is 0.926. The van der Waals surface area contributed by atoms with Gasteiger partial charge in [-0.3, -0.25) is 0 Å². The molecule has 0 bridgehead atoms. The summed E-state index contributed by atoms with van der Waals surface area (Å²) in [7, 11) is 0. The minimum atomic E-state index is -5.76. The quantitative estimate of drug-likeness (QED) is 0.281. The van der Waals surface area contributed by atoms with Gasteiger partial charge in [-0.05, 0) is 86.4 Å². The second kappa shape index (κ2) is 9.15. The SMILES string of the molecule is C[C@H](CCCC(O)(C(F)(F)F)C(F)(F)F)[C@H]1CC[C@H]2[C@@H]3CC=C4CC(O)CC(O)[C@]4(C)[C@H]3CC[C@]12C. The average molecular weight is 527 g/mol. The van der Waals surface area contributed by atoms with Gasteiger partial charge in [0.1, 0.15) is 0 Å². The third-order valence-corrected chi connectivity index (χ3v) is 11.1. The number of hydrogen-bond acceptors (Lipinski definition) is 3. The van der Waals surface area contributed by atoms with Crippen LogP contribution in [0.2, 0.25) is 0 Å². The van der Waals surface area contributed by atoms with Crippen molar-refractivity contribution in [1.29, 1.82) is 0 Å². The maximum Gasteiger partial charge on any atom is 0.426 e. The standard InChI is InChI=1S/C27H40F6O3/c1-15(5-4-11-25(36,26(28,29)30)27(31,32)33)19-8-9-20-18-7-6-16-13-17(34)14-22(35)24(16,3)21(18)10-12-23(19,20)2/h6,15,17-22,34-36H,4-5,7-14H2,1-3H3/t15-,17?,18+,19-,20+,21+,22?,23-,24+/m1/s1. The molecule has 0 saturated heterocycles. The molecule has 2 unspecified atom stereocenters. The monoisotopic (exact) mass is 526 g/mol. The number of aliphatic hydroxyl groups is 3. The van der Waals surface area contributed by atoms with Gasteiger partial charge in [0.15, 0.2) is 0 Å². The predicted molar refractivity (Wildman–Crippen MR) is 123 cm³/mol. The van der Waals surface area contributed by atoms with Gasteiger partial charge in [-0.1, -0.05) is 38.8 Å². The van der Waals surface area contributed by atoms with E-state index in [0.29, 0.717) is 30.6 Å². The van der Waals surface area contributed by atoms with E-state index in [4.69, 9.17) is 0 Å². The minimum absolute atomic E-state index is 0.0498. The van der Waals surface area contributed by atoms with Crippen LogP contribution < -0.4 is 0 Å². The Bertz CT molecular complexity index is 839. The summed E-state index contributed by atoms with van der Waals surface area (Å²) in [4.78, 5) is 0. The second-order valence-electron chi connectivity index (χ2n) is 12.7. The zero-order valence-electron chi connectivity index (χ0n) is 21.3. The van der Waals surface area contributed by atoms with Gasteiger partial charge in [-0.15, -0.1) is 0 Å². The van der Waals surface area contributed by atoms with Gasteiger partial charge in [-0.25, -0.2) is 0 Å². The number of hydrogen-bond donors (Lipinski definition) is 3. The van der Waals surface area contributed by atoms with Gasteiger partial charge in [-0.2, -0.15) is 26.3 Å². The highest BCUT2D eigenvalue weighted by Gasteiger charge is 2.69. The summed E-state index contributed by atoms with van der Waals surface area (Å²) >= 11 is 0. The molecule has 208 valence electrons. The Kier molecular flexibility index (Phi) is 7.17. The number of rotatable bonds is 5. The first kappa shape index (κ1) is 28.2. The van der Waals surface area contributed by atoms with Crippen molar-refractivity contribution < 1.29 is 41.7 Å². The maximum absolute atomic E-state index is 13.1. The van der Waals surface area contributed by atoms with Gasteiger partial charge in [0.2, 0.25) is 0 Å². The zero-order chi connectivity index (χ0) is 26.9. The number of aliphatic hydroxyl groups excluding tert-OH is 2. The summed E-state index contributed by atoms with van der Waals surface area (Å²) in [6.07, 6.45) is -6.39. The molecule has 0 aliphatic heterocycles. The highest BCUT2D eigenvalue weighted by molar-refractivity contribution is 5.27. The Hall–Kier alpha value is -0.800. The molecule has 3 saturated carbocycles. The van der Waals surface area contributed by atoms with E-state index >= 15 is 0 Å². The third-order valence-electron chi connectivity index (χ3n) is 11.1. The molecule has 3 nitrogen and oxygen atoms in total. The number of allylic oxidation sites excluding steroid dienone is 1.